The molecule has 1 amide bonds. The third-order valence-corrected chi connectivity index (χ3v) is 4.96. The summed E-state index contributed by atoms with van der Waals surface area (Å²) in [5, 5.41) is 3.76. The van der Waals surface area contributed by atoms with Gasteiger partial charge in [-0.2, -0.15) is 11.8 Å². The summed E-state index contributed by atoms with van der Waals surface area (Å²) in [5.74, 6) is 2.70. The molecule has 104 valence electrons. The van der Waals surface area contributed by atoms with Crippen LogP contribution in [0.25, 0.3) is 0 Å². The van der Waals surface area contributed by atoms with Crippen molar-refractivity contribution in [3.8, 4) is 0 Å². The lowest BCUT2D eigenvalue weighted by Gasteiger charge is -2.35. The Kier molecular flexibility index (Phi) is 5.79. The molecule has 2 aliphatic rings. The number of piperidine rings is 1. The molecular formula is C13H24N2O2S. The fraction of sp³-hybridized carbons (Fsp3) is 0.923. The van der Waals surface area contributed by atoms with E-state index in [1.807, 2.05) is 4.90 Å². The van der Waals surface area contributed by atoms with Crippen LogP contribution in [0, 0.1) is 0 Å². The third kappa shape index (κ3) is 4.14. The lowest BCUT2D eigenvalue weighted by atomic mass is 10.0. The van der Waals surface area contributed by atoms with Crippen LogP contribution >= 0.6 is 11.8 Å². The fourth-order valence-corrected chi connectivity index (χ4v) is 3.80. The van der Waals surface area contributed by atoms with E-state index in [1.165, 1.54) is 24.3 Å². The average molecular weight is 272 g/mol. The van der Waals surface area contributed by atoms with E-state index >= 15 is 0 Å². The SMILES string of the molecule is COCC(=O)N1CCC(NC2CCCSC2)CC1. The number of carbonyl (C=O) groups is 1. The molecule has 1 unspecified atom stereocenters. The molecule has 0 saturated carbocycles. The molecule has 1 N–H and O–H groups in total. The number of likely N-dealkylation sites (tertiary alicyclic amines) is 1. The summed E-state index contributed by atoms with van der Waals surface area (Å²) in [6, 6.07) is 1.29. The Bertz CT molecular complexity index is 262. The van der Waals surface area contributed by atoms with Crippen LogP contribution in [0.3, 0.4) is 0 Å². The second kappa shape index (κ2) is 7.36. The van der Waals surface area contributed by atoms with Crippen molar-refractivity contribution in [3.05, 3.63) is 0 Å². The summed E-state index contributed by atoms with van der Waals surface area (Å²) in [6.45, 7) is 1.97. The van der Waals surface area contributed by atoms with Gasteiger partial charge in [-0.25, -0.2) is 0 Å². The van der Waals surface area contributed by atoms with Crippen LogP contribution in [0.2, 0.25) is 0 Å². The van der Waals surface area contributed by atoms with E-state index < -0.39 is 0 Å². The van der Waals surface area contributed by atoms with E-state index in [0.717, 1.165) is 25.9 Å². The van der Waals surface area contributed by atoms with E-state index in [0.29, 0.717) is 12.1 Å². The summed E-state index contributed by atoms with van der Waals surface area (Å²) in [6.07, 6.45) is 4.82. The lowest BCUT2D eigenvalue weighted by Crippen LogP contribution is -2.49. The molecule has 2 aliphatic heterocycles. The largest absolute Gasteiger partial charge is 0.375 e. The second-order valence-corrected chi connectivity index (χ2v) is 6.32. The standard InChI is InChI=1S/C13H24N2O2S/c1-17-9-13(16)15-6-4-11(5-7-15)14-12-3-2-8-18-10-12/h11-12,14H,2-10H2,1H3. The maximum Gasteiger partial charge on any atom is 0.248 e. The summed E-state index contributed by atoms with van der Waals surface area (Å²) in [7, 11) is 1.58. The predicted molar refractivity (Wildman–Crippen MR) is 75.0 cm³/mol. The van der Waals surface area contributed by atoms with Gasteiger partial charge in [0.25, 0.3) is 0 Å². The molecule has 0 radical (unpaired) electrons. The van der Waals surface area contributed by atoms with E-state index in [1.54, 1.807) is 7.11 Å². The molecule has 2 heterocycles. The first-order chi connectivity index (χ1) is 8.79. The maximum atomic E-state index is 11.7. The number of methoxy groups -OCH3 is 1. The summed E-state index contributed by atoms with van der Waals surface area (Å²) in [5.41, 5.74) is 0. The first kappa shape index (κ1) is 14.2. The highest BCUT2D eigenvalue weighted by molar-refractivity contribution is 7.99. The predicted octanol–water partition coefficient (Wildman–Crippen LogP) is 1.11. The van der Waals surface area contributed by atoms with Gasteiger partial charge in [0.05, 0.1) is 0 Å². The number of ether oxygens (including phenoxy) is 1. The van der Waals surface area contributed by atoms with Crippen molar-refractivity contribution < 1.29 is 9.53 Å². The van der Waals surface area contributed by atoms with E-state index in [-0.39, 0.29) is 12.5 Å². The normalized spacial score (nSPS) is 26.3. The van der Waals surface area contributed by atoms with Crippen molar-refractivity contribution in [1.29, 1.82) is 0 Å². The molecule has 5 heteroatoms. The molecule has 0 spiro atoms. The van der Waals surface area contributed by atoms with Crippen LogP contribution in [-0.2, 0) is 9.53 Å². The zero-order valence-electron chi connectivity index (χ0n) is 11.2. The van der Waals surface area contributed by atoms with Crippen molar-refractivity contribution >= 4 is 17.7 Å². The number of hydrogen-bond donors (Lipinski definition) is 1. The number of nitrogens with zero attached hydrogens (tertiary/aromatic N) is 1. The molecular weight excluding hydrogens is 248 g/mol. The summed E-state index contributed by atoms with van der Waals surface area (Å²) >= 11 is 2.06. The highest BCUT2D eigenvalue weighted by Crippen LogP contribution is 2.19. The molecule has 0 bridgehead atoms. The van der Waals surface area contributed by atoms with E-state index in [9.17, 15) is 4.79 Å². The number of hydrogen-bond acceptors (Lipinski definition) is 4. The van der Waals surface area contributed by atoms with Gasteiger partial charge in [-0.1, -0.05) is 0 Å². The fourth-order valence-electron chi connectivity index (χ4n) is 2.72. The number of carbonyl (C=O) groups excluding carboxylic acids is 1. The first-order valence-electron chi connectivity index (χ1n) is 6.90. The minimum atomic E-state index is 0.129. The minimum Gasteiger partial charge on any atom is -0.375 e. The van der Waals surface area contributed by atoms with Gasteiger partial charge in [-0.15, -0.1) is 0 Å². The Morgan fingerprint density at radius 1 is 1.33 bits per heavy atom. The van der Waals surface area contributed by atoms with Gasteiger partial charge >= 0.3 is 0 Å². The zero-order valence-corrected chi connectivity index (χ0v) is 12.0. The Morgan fingerprint density at radius 3 is 2.72 bits per heavy atom. The van der Waals surface area contributed by atoms with Gasteiger partial charge in [0.2, 0.25) is 5.91 Å². The molecule has 1 atom stereocenters. The van der Waals surface area contributed by atoms with E-state index in [4.69, 9.17) is 4.74 Å². The van der Waals surface area contributed by atoms with Crippen molar-refractivity contribution in [3.63, 3.8) is 0 Å². The Morgan fingerprint density at radius 2 is 2.11 bits per heavy atom. The zero-order chi connectivity index (χ0) is 12.8. The summed E-state index contributed by atoms with van der Waals surface area (Å²) in [4.78, 5) is 13.6. The van der Waals surface area contributed by atoms with Crippen LogP contribution < -0.4 is 5.32 Å². The highest BCUT2D eigenvalue weighted by Gasteiger charge is 2.24. The number of thioether (sulfide) groups is 1. The highest BCUT2D eigenvalue weighted by atomic mass is 32.2. The Balaban J connectivity index is 1.68. The molecule has 2 saturated heterocycles. The van der Waals surface area contributed by atoms with Gasteiger partial charge in [-0.3, -0.25) is 4.79 Å². The molecule has 18 heavy (non-hydrogen) atoms. The van der Waals surface area contributed by atoms with Crippen molar-refractivity contribution in [1.82, 2.24) is 10.2 Å². The number of amides is 1. The molecule has 4 nitrogen and oxygen atoms in total. The first-order valence-corrected chi connectivity index (χ1v) is 8.05. The third-order valence-electron chi connectivity index (χ3n) is 3.75. The molecule has 2 rings (SSSR count). The average Bonchev–Trinajstić information content (AvgIpc) is 2.41. The number of rotatable bonds is 4. The van der Waals surface area contributed by atoms with Gasteiger partial charge in [0, 0.05) is 38.0 Å². The minimum absolute atomic E-state index is 0.129. The molecule has 0 aliphatic carbocycles. The smallest absolute Gasteiger partial charge is 0.248 e. The van der Waals surface area contributed by atoms with Crippen LogP contribution in [0.15, 0.2) is 0 Å². The molecule has 0 aromatic carbocycles. The van der Waals surface area contributed by atoms with Crippen molar-refractivity contribution in [2.45, 2.75) is 37.8 Å². The Hall–Kier alpha value is -0.260. The summed E-state index contributed by atoms with van der Waals surface area (Å²) < 4.78 is 4.90. The molecule has 0 aromatic heterocycles. The Labute approximate surface area is 114 Å². The van der Waals surface area contributed by atoms with Crippen LogP contribution in [0.5, 0.6) is 0 Å². The van der Waals surface area contributed by atoms with Crippen molar-refractivity contribution in [2.24, 2.45) is 0 Å². The van der Waals surface area contributed by atoms with Gasteiger partial charge in [0.15, 0.2) is 0 Å². The monoisotopic (exact) mass is 272 g/mol. The van der Waals surface area contributed by atoms with Crippen LogP contribution in [0.4, 0.5) is 0 Å². The van der Waals surface area contributed by atoms with Gasteiger partial charge < -0.3 is 15.0 Å². The maximum absolute atomic E-state index is 11.7. The lowest BCUT2D eigenvalue weighted by molar-refractivity contribution is -0.136. The molecule has 2 fully saturated rings. The quantitative estimate of drug-likeness (QED) is 0.832. The van der Waals surface area contributed by atoms with Crippen LogP contribution in [0.1, 0.15) is 25.7 Å². The number of nitrogens with one attached hydrogen (secondary N) is 1. The van der Waals surface area contributed by atoms with Crippen LogP contribution in [-0.4, -0.2) is 61.2 Å². The topological polar surface area (TPSA) is 41.6 Å². The van der Waals surface area contributed by atoms with Gasteiger partial charge in [-0.05, 0) is 31.4 Å². The van der Waals surface area contributed by atoms with E-state index in [2.05, 4.69) is 17.1 Å². The van der Waals surface area contributed by atoms with Gasteiger partial charge in [0.1, 0.15) is 6.61 Å². The van der Waals surface area contributed by atoms with Crippen molar-refractivity contribution in [2.75, 3.05) is 38.3 Å². The second-order valence-electron chi connectivity index (χ2n) is 5.17. The molecule has 0 aromatic rings.